The van der Waals surface area contributed by atoms with Gasteiger partial charge in [0, 0.05) is 28.9 Å². The van der Waals surface area contributed by atoms with Crippen LogP contribution in [0.1, 0.15) is 20.8 Å². The van der Waals surface area contributed by atoms with Crippen molar-refractivity contribution in [3.8, 4) is 0 Å². The molecular weight excluding hydrogens is 200 g/mol. The topological polar surface area (TPSA) is 72.2 Å². The highest BCUT2D eigenvalue weighted by atomic mass is 32.2. The van der Waals surface area contributed by atoms with E-state index >= 15 is 0 Å². The number of carbonyl (C=O) groups is 1. The van der Waals surface area contributed by atoms with Gasteiger partial charge in [-0.15, -0.1) is 0 Å². The van der Waals surface area contributed by atoms with Crippen LogP contribution in [0.25, 0.3) is 0 Å². The fraction of sp³-hybridized carbons (Fsp3) is 0.889. The van der Waals surface area contributed by atoms with Crippen molar-refractivity contribution in [1.82, 2.24) is 5.32 Å². The van der Waals surface area contributed by atoms with Crippen molar-refractivity contribution >= 4 is 16.7 Å². The monoisotopic (exact) mass is 220 g/mol. The van der Waals surface area contributed by atoms with E-state index in [0.29, 0.717) is 5.75 Å². The van der Waals surface area contributed by atoms with Crippen molar-refractivity contribution in [2.45, 2.75) is 32.9 Å². The van der Waals surface area contributed by atoms with Gasteiger partial charge in [0.1, 0.15) is 0 Å². The van der Waals surface area contributed by atoms with Crippen LogP contribution in [-0.2, 0) is 15.6 Å². The number of rotatable bonds is 5. The molecule has 0 aliphatic carbocycles. The van der Waals surface area contributed by atoms with Gasteiger partial charge in [-0.2, -0.15) is 0 Å². The highest BCUT2D eigenvalue weighted by Crippen LogP contribution is 1.98. The van der Waals surface area contributed by atoms with Crippen LogP contribution in [-0.4, -0.2) is 34.2 Å². The van der Waals surface area contributed by atoms with E-state index in [1.54, 1.807) is 6.26 Å². The lowest BCUT2D eigenvalue weighted by atomic mass is 10.0. The first-order valence-electron chi connectivity index (χ1n) is 4.70. The van der Waals surface area contributed by atoms with Gasteiger partial charge in [0.05, 0.1) is 6.04 Å². The Labute approximate surface area is 88.1 Å². The Morgan fingerprint density at radius 1 is 1.43 bits per heavy atom. The summed E-state index contributed by atoms with van der Waals surface area (Å²) in [5.41, 5.74) is 5.65. The zero-order chi connectivity index (χ0) is 11.3. The number of nitrogens with one attached hydrogen (secondary N) is 1. The minimum absolute atomic E-state index is 0.0851. The second-order valence-corrected chi connectivity index (χ2v) is 5.40. The van der Waals surface area contributed by atoms with Crippen LogP contribution in [0.3, 0.4) is 0 Å². The molecule has 4 nitrogen and oxygen atoms in total. The predicted molar refractivity (Wildman–Crippen MR) is 59.4 cm³/mol. The number of carbonyl (C=O) groups excluding carboxylic acids is 1. The lowest BCUT2D eigenvalue weighted by Crippen LogP contribution is -2.48. The van der Waals surface area contributed by atoms with E-state index in [-0.39, 0.29) is 17.9 Å². The highest BCUT2D eigenvalue weighted by molar-refractivity contribution is 7.84. The van der Waals surface area contributed by atoms with Gasteiger partial charge < -0.3 is 11.1 Å². The van der Waals surface area contributed by atoms with Crippen LogP contribution < -0.4 is 11.1 Å². The highest BCUT2D eigenvalue weighted by Gasteiger charge is 2.18. The third-order valence-electron chi connectivity index (χ3n) is 1.89. The number of amides is 1. The standard InChI is InChI=1S/C9H20N2O2S/c1-6(2)8(10)9(12)11-7(3)5-14(4)13/h6-8H,5,10H2,1-4H3,(H,11,12). The van der Waals surface area contributed by atoms with Crippen LogP contribution in [0.4, 0.5) is 0 Å². The Hall–Kier alpha value is -0.420. The SMILES string of the molecule is CC(CS(C)=O)NC(=O)C(N)C(C)C. The van der Waals surface area contributed by atoms with Crippen molar-refractivity contribution in [1.29, 1.82) is 0 Å². The summed E-state index contributed by atoms with van der Waals surface area (Å²) in [6.07, 6.45) is 1.62. The van der Waals surface area contributed by atoms with Crippen LogP contribution in [0.5, 0.6) is 0 Å². The first kappa shape index (κ1) is 13.6. The maximum absolute atomic E-state index is 11.4. The number of nitrogens with two attached hydrogens (primary N) is 1. The molecule has 84 valence electrons. The van der Waals surface area contributed by atoms with Gasteiger partial charge in [0.2, 0.25) is 5.91 Å². The van der Waals surface area contributed by atoms with E-state index in [4.69, 9.17) is 5.73 Å². The maximum atomic E-state index is 11.4. The number of hydrogen-bond donors (Lipinski definition) is 2. The molecule has 0 saturated carbocycles. The summed E-state index contributed by atoms with van der Waals surface area (Å²) >= 11 is 0. The summed E-state index contributed by atoms with van der Waals surface area (Å²) in [7, 11) is -0.892. The van der Waals surface area contributed by atoms with E-state index in [1.807, 2.05) is 20.8 Å². The summed E-state index contributed by atoms with van der Waals surface area (Å²) in [6.45, 7) is 5.62. The van der Waals surface area contributed by atoms with Crippen molar-refractivity contribution in [3.63, 3.8) is 0 Å². The van der Waals surface area contributed by atoms with Crippen molar-refractivity contribution in [2.75, 3.05) is 12.0 Å². The average Bonchev–Trinajstić information content (AvgIpc) is 2.00. The van der Waals surface area contributed by atoms with E-state index in [9.17, 15) is 9.00 Å². The summed E-state index contributed by atoms with van der Waals surface area (Å²) in [4.78, 5) is 11.4. The molecule has 0 rings (SSSR count). The molecule has 0 radical (unpaired) electrons. The Morgan fingerprint density at radius 3 is 2.29 bits per heavy atom. The molecule has 3 atom stereocenters. The summed E-state index contributed by atoms with van der Waals surface area (Å²) in [5, 5.41) is 2.74. The first-order valence-corrected chi connectivity index (χ1v) is 6.43. The largest absolute Gasteiger partial charge is 0.351 e. The molecule has 0 heterocycles. The number of hydrogen-bond acceptors (Lipinski definition) is 3. The second-order valence-electron chi connectivity index (χ2n) is 3.92. The smallest absolute Gasteiger partial charge is 0.237 e. The van der Waals surface area contributed by atoms with Gasteiger partial charge in [-0.3, -0.25) is 9.00 Å². The molecule has 0 bridgehead atoms. The van der Waals surface area contributed by atoms with E-state index in [1.165, 1.54) is 0 Å². The van der Waals surface area contributed by atoms with Crippen LogP contribution >= 0.6 is 0 Å². The van der Waals surface area contributed by atoms with Gasteiger partial charge in [-0.1, -0.05) is 13.8 Å². The lowest BCUT2D eigenvalue weighted by Gasteiger charge is -2.18. The molecule has 3 unspecified atom stereocenters. The zero-order valence-electron chi connectivity index (χ0n) is 9.24. The molecule has 0 fully saturated rings. The van der Waals surface area contributed by atoms with Gasteiger partial charge in [-0.05, 0) is 12.8 Å². The summed E-state index contributed by atoms with van der Waals surface area (Å²) in [5.74, 6) is 0.420. The van der Waals surface area contributed by atoms with Gasteiger partial charge in [-0.25, -0.2) is 0 Å². The normalized spacial score (nSPS) is 17.6. The van der Waals surface area contributed by atoms with Gasteiger partial charge in [0.15, 0.2) is 0 Å². The molecule has 14 heavy (non-hydrogen) atoms. The van der Waals surface area contributed by atoms with Crippen LogP contribution in [0.15, 0.2) is 0 Å². The fourth-order valence-corrected chi connectivity index (χ4v) is 1.82. The predicted octanol–water partition coefficient (Wildman–Crippen LogP) is -0.147. The first-order chi connectivity index (χ1) is 6.34. The molecule has 0 aliphatic rings. The Bertz CT molecular complexity index is 219. The van der Waals surface area contributed by atoms with Crippen molar-refractivity contribution in [2.24, 2.45) is 11.7 Å². The zero-order valence-corrected chi connectivity index (χ0v) is 10.1. The molecule has 0 aromatic heterocycles. The summed E-state index contributed by atoms with van der Waals surface area (Å²) < 4.78 is 10.9. The summed E-state index contributed by atoms with van der Waals surface area (Å²) in [6, 6.07) is -0.569. The molecule has 3 N–H and O–H groups in total. The molecule has 0 saturated heterocycles. The third kappa shape index (κ3) is 5.34. The molecule has 0 aromatic rings. The molecule has 0 spiro atoms. The quantitative estimate of drug-likeness (QED) is 0.677. The third-order valence-corrected chi connectivity index (χ3v) is 2.86. The van der Waals surface area contributed by atoms with E-state index < -0.39 is 16.8 Å². The minimum Gasteiger partial charge on any atom is -0.351 e. The molecule has 5 heteroatoms. The Balaban J connectivity index is 3.99. The molecule has 0 aromatic carbocycles. The maximum Gasteiger partial charge on any atom is 0.237 e. The molecule has 0 aliphatic heterocycles. The van der Waals surface area contributed by atoms with Gasteiger partial charge >= 0.3 is 0 Å². The Kier molecular flexibility index (Phi) is 5.95. The molecule has 1 amide bonds. The average molecular weight is 220 g/mol. The van der Waals surface area contributed by atoms with Crippen LogP contribution in [0, 0.1) is 5.92 Å². The lowest BCUT2D eigenvalue weighted by molar-refractivity contribution is -0.123. The van der Waals surface area contributed by atoms with E-state index in [2.05, 4.69) is 5.32 Å². The fourth-order valence-electron chi connectivity index (χ4n) is 1.04. The van der Waals surface area contributed by atoms with Gasteiger partial charge in [0.25, 0.3) is 0 Å². The molecular formula is C9H20N2O2S. The Morgan fingerprint density at radius 2 is 1.93 bits per heavy atom. The van der Waals surface area contributed by atoms with Crippen LogP contribution in [0.2, 0.25) is 0 Å². The minimum atomic E-state index is -0.892. The van der Waals surface area contributed by atoms with E-state index in [0.717, 1.165) is 0 Å². The van der Waals surface area contributed by atoms with Crippen molar-refractivity contribution < 1.29 is 9.00 Å². The second kappa shape index (κ2) is 6.14. The van der Waals surface area contributed by atoms with Crippen molar-refractivity contribution in [3.05, 3.63) is 0 Å².